The fourth-order valence-corrected chi connectivity index (χ4v) is 6.16. The van der Waals surface area contributed by atoms with Crippen molar-refractivity contribution in [3.05, 3.63) is 137 Å². The Balaban J connectivity index is 1.25. The van der Waals surface area contributed by atoms with Gasteiger partial charge in [0.25, 0.3) is 0 Å². The Morgan fingerprint density at radius 3 is 2.35 bits per heavy atom. The third kappa shape index (κ3) is 4.46. The standard InChI is InChI=1S/C35H36N2/c1-25(2)23-26-13-18-30(19-14-26)37(29-9-5-4-6-10-29)31-20-15-27(16-21-31)28-17-22-34-35(3,24-28)32-11-7-8-12-33(32)36-34/h4-20,22,25,31,36H,21,23-24H2,1-3H3. The number of hydrogen-bond donors (Lipinski definition) is 1. The molecule has 0 spiro atoms. The van der Waals surface area contributed by atoms with Crippen LogP contribution in [0.1, 0.15) is 44.7 Å². The van der Waals surface area contributed by atoms with E-state index < -0.39 is 0 Å². The Labute approximate surface area is 221 Å². The van der Waals surface area contributed by atoms with Crippen molar-refractivity contribution in [3.63, 3.8) is 0 Å². The number of fused-ring (bicyclic) bond motifs is 3. The van der Waals surface area contributed by atoms with Crippen LogP contribution in [0.25, 0.3) is 0 Å². The Hall–Kier alpha value is -3.78. The van der Waals surface area contributed by atoms with Gasteiger partial charge in [-0.2, -0.15) is 0 Å². The SMILES string of the molecule is CC(C)Cc1ccc(N(c2ccccc2)C2C=CC(C3=CC=C4Nc5ccccc5C4(C)C3)=CC2)cc1. The number of rotatable bonds is 6. The van der Waals surface area contributed by atoms with Gasteiger partial charge >= 0.3 is 0 Å². The molecular formula is C35H36N2. The molecule has 6 rings (SSSR count). The van der Waals surface area contributed by atoms with E-state index in [-0.39, 0.29) is 11.5 Å². The largest absolute Gasteiger partial charge is 0.358 e. The lowest BCUT2D eigenvalue weighted by Crippen LogP contribution is -2.30. The van der Waals surface area contributed by atoms with Gasteiger partial charge in [0, 0.05) is 28.2 Å². The monoisotopic (exact) mass is 484 g/mol. The molecule has 0 saturated carbocycles. The third-order valence-corrected chi connectivity index (χ3v) is 8.05. The Morgan fingerprint density at radius 1 is 0.892 bits per heavy atom. The van der Waals surface area contributed by atoms with E-state index in [2.05, 4.69) is 140 Å². The Kier molecular flexibility index (Phi) is 6.12. The van der Waals surface area contributed by atoms with Crippen molar-refractivity contribution in [2.24, 2.45) is 5.92 Å². The lowest BCUT2D eigenvalue weighted by Gasteiger charge is -2.35. The minimum Gasteiger partial charge on any atom is -0.358 e. The van der Waals surface area contributed by atoms with Gasteiger partial charge in [0.15, 0.2) is 0 Å². The van der Waals surface area contributed by atoms with E-state index in [1.807, 2.05) is 0 Å². The molecule has 2 unspecified atom stereocenters. The molecule has 2 atom stereocenters. The van der Waals surface area contributed by atoms with Gasteiger partial charge in [0.05, 0.1) is 6.04 Å². The minimum absolute atomic E-state index is 0.0139. The van der Waals surface area contributed by atoms with Gasteiger partial charge in [-0.15, -0.1) is 0 Å². The summed E-state index contributed by atoms with van der Waals surface area (Å²) in [6.07, 6.45) is 14.9. The second kappa shape index (κ2) is 9.59. The highest BCUT2D eigenvalue weighted by atomic mass is 15.2. The average molecular weight is 485 g/mol. The number of allylic oxidation sites excluding steroid dienone is 6. The van der Waals surface area contributed by atoms with E-state index in [0.29, 0.717) is 5.92 Å². The van der Waals surface area contributed by atoms with Crippen LogP contribution in [0, 0.1) is 5.92 Å². The van der Waals surface area contributed by atoms with E-state index in [0.717, 1.165) is 19.3 Å². The minimum atomic E-state index is 0.0139. The third-order valence-electron chi connectivity index (χ3n) is 8.05. The van der Waals surface area contributed by atoms with Crippen LogP contribution in [0.15, 0.2) is 126 Å². The Bertz CT molecular complexity index is 1410. The molecule has 0 fully saturated rings. The molecule has 3 aliphatic rings. The number of nitrogens with one attached hydrogen (secondary N) is 1. The van der Waals surface area contributed by atoms with Crippen LogP contribution in [0.2, 0.25) is 0 Å². The van der Waals surface area contributed by atoms with Crippen molar-refractivity contribution in [1.29, 1.82) is 0 Å². The van der Waals surface area contributed by atoms with E-state index in [4.69, 9.17) is 0 Å². The van der Waals surface area contributed by atoms with Gasteiger partial charge in [-0.3, -0.25) is 0 Å². The number of hydrogen-bond acceptors (Lipinski definition) is 2. The summed E-state index contributed by atoms with van der Waals surface area (Å²) in [5.41, 5.74) is 10.6. The van der Waals surface area contributed by atoms with Crippen LogP contribution < -0.4 is 10.2 Å². The number of para-hydroxylation sites is 2. The number of anilines is 3. The van der Waals surface area contributed by atoms with Gasteiger partial charge < -0.3 is 10.2 Å². The van der Waals surface area contributed by atoms with Crippen LogP contribution in [0.4, 0.5) is 17.1 Å². The molecule has 3 aromatic rings. The highest BCUT2D eigenvalue weighted by molar-refractivity contribution is 5.71. The predicted octanol–water partition coefficient (Wildman–Crippen LogP) is 8.88. The first kappa shape index (κ1) is 23.6. The lowest BCUT2D eigenvalue weighted by molar-refractivity contribution is 0.570. The maximum atomic E-state index is 3.65. The fraction of sp³-hybridized carbons (Fsp3) is 0.257. The van der Waals surface area contributed by atoms with Crippen LogP contribution >= 0.6 is 0 Å². The van der Waals surface area contributed by atoms with Crippen LogP contribution in [-0.4, -0.2) is 6.04 Å². The zero-order valence-electron chi connectivity index (χ0n) is 22.1. The second-order valence-corrected chi connectivity index (χ2v) is 11.2. The van der Waals surface area contributed by atoms with E-state index in [1.54, 1.807) is 0 Å². The predicted molar refractivity (Wildman–Crippen MR) is 157 cm³/mol. The van der Waals surface area contributed by atoms with Crippen LogP contribution in [0.3, 0.4) is 0 Å². The zero-order valence-corrected chi connectivity index (χ0v) is 22.1. The molecule has 0 saturated heterocycles. The molecule has 2 aliphatic carbocycles. The molecular weight excluding hydrogens is 448 g/mol. The van der Waals surface area contributed by atoms with Crippen LogP contribution in [-0.2, 0) is 11.8 Å². The van der Waals surface area contributed by atoms with Crippen molar-refractivity contribution < 1.29 is 0 Å². The fourth-order valence-electron chi connectivity index (χ4n) is 6.16. The second-order valence-electron chi connectivity index (χ2n) is 11.2. The lowest BCUT2D eigenvalue weighted by atomic mass is 9.72. The summed E-state index contributed by atoms with van der Waals surface area (Å²) in [6, 6.07) is 29.0. The summed E-state index contributed by atoms with van der Waals surface area (Å²) in [7, 11) is 0. The molecule has 1 N–H and O–H groups in total. The first-order valence-electron chi connectivity index (χ1n) is 13.6. The van der Waals surface area contributed by atoms with Crippen molar-refractivity contribution >= 4 is 17.1 Å². The molecule has 186 valence electrons. The molecule has 2 nitrogen and oxygen atoms in total. The molecule has 0 amide bonds. The summed E-state index contributed by atoms with van der Waals surface area (Å²) >= 11 is 0. The van der Waals surface area contributed by atoms with Gasteiger partial charge in [-0.05, 0) is 90.8 Å². The zero-order chi connectivity index (χ0) is 25.4. The highest BCUT2D eigenvalue weighted by Gasteiger charge is 2.41. The maximum Gasteiger partial charge on any atom is 0.0560 e. The van der Waals surface area contributed by atoms with Gasteiger partial charge in [0.1, 0.15) is 0 Å². The summed E-state index contributed by atoms with van der Waals surface area (Å²) in [4.78, 5) is 2.48. The molecule has 2 heteroatoms. The van der Waals surface area contributed by atoms with E-state index in [9.17, 15) is 0 Å². The number of nitrogens with zero attached hydrogens (tertiary/aromatic N) is 1. The van der Waals surface area contributed by atoms with E-state index >= 15 is 0 Å². The van der Waals surface area contributed by atoms with Crippen molar-refractivity contribution in [1.82, 2.24) is 0 Å². The smallest absolute Gasteiger partial charge is 0.0560 e. The molecule has 1 aliphatic heterocycles. The first-order chi connectivity index (χ1) is 18.0. The summed E-state index contributed by atoms with van der Waals surface area (Å²) in [5.74, 6) is 0.664. The van der Waals surface area contributed by atoms with Crippen LogP contribution in [0.5, 0.6) is 0 Å². The molecule has 0 radical (unpaired) electrons. The normalized spacial score (nSPS) is 21.9. The quantitative estimate of drug-likeness (QED) is 0.376. The molecule has 0 aromatic heterocycles. The van der Waals surface area contributed by atoms with Crippen molar-refractivity contribution in [2.75, 3.05) is 10.2 Å². The highest BCUT2D eigenvalue weighted by Crippen LogP contribution is 2.50. The molecule has 0 bridgehead atoms. The topological polar surface area (TPSA) is 15.3 Å². The summed E-state index contributed by atoms with van der Waals surface area (Å²) in [5, 5.41) is 3.65. The number of benzene rings is 3. The summed E-state index contributed by atoms with van der Waals surface area (Å²) < 4.78 is 0. The Morgan fingerprint density at radius 2 is 1.62 bits per heavy atom. The molecule has 37 heavy (non-hydrogen) atoms. The molecule has 3 aromatic carbocycles. The van der Waals surface area contributed by atoms with Crippen molar-refractivity contribution in [3.8, 4) is 0 Å². The average Bonchev–Trinajstić information content (AvgIpc) is 3.22. The summed E-state index contributed by atoms with van der Waals surface area (Å²) in [6.45, 7) is 6.93. The van der Waals surface area contributed by atoms with Gasteiger partial charge in [-0.25, -0.2) is 0 Å². The van der Waals surface area contributed by atoms with Gasteiger partial charge in [0.2, 0.25) is 0 Å². The maximum absolute atomic E-state index is 3.65. The van der Waals surface area contributed by atoms with Gasteiger partial charge in [-0.1, -0.05) is 86.7 Å². The first-order valence-corrected chi connectivity index (χ1v) is 13.6. The molecule has 1 heterocycles. The van der Waals surface area contributed by atoms with Crippen molar-refractivity contribution in [2.45, 2.75) is 51.5 Å². The van der Waals surface area contributed by atoms with E-state index in [1.165, 1.54) is 45.0 Å².